The van der Waals surface area contributed by atoms with E-state index in [1.807, 2.05) is 12.1 Å². The van der Waals surface area contributed by atoms with Gasteiger partial charge in [0.25, 0.3) is 0 Å². The van der Waals surface area contributed by atoms with Gasteiger partial charge in [0.1, 0.15) is 0 Å². The first-order valence-corrected chi connectivity index (χ1v) is 7.39. The van der Waals surface area contributed by atoms with E-state index in [9.17, 15) is 5.11 Å². The molecule has 0 amide bonds. The summed E-state index contributed by atoms with van der Waals surface area (Å²) in [6.45, 7) is 4.13. The molecular weight excluding hydrogens is 291 g/mol. The summed E-state index contributed by atoms with van der Waals surface area (Å²) in [5, 5.41) is 11.3. The Labute approximate surface area is 130 Å². The predicted molar refractivity (Wildman–Crippen MR) is 85.8 cm³/mol. The maximum absolute atomic E-state index is 10.3. The fourth-order valence-electron chi connectivity index (χ4n) is 2.49. The van der Waals surface area contributed by atoms with Crippen molar-refractivity contribution in [1.29, 1.82) is 0 Å². The van der Waals surface area contributed by atoms with E-state index >= 15 is 0 Å². The van der Waals surface area contributed by atoms with Crippen molar-refractivity contribution >= 4 is 23.2 Å². The minimum absolute atomic E-state index is 0.466. The lowest BCUT2D eigenvalue weighted by molar-refractivity contribution is 0.175. The third-order valence-corrected chi connectivity index (χ3v) is 4.10. The van der Waals surface area contributed by atoms with Gasteiger partial charge >= 0.3 is 0 Å². The van der Waals surface area contributed by atoms with E-state index in [4.69, 9.17) is 23.2 Å². The second-order valence-corrected chi connectivity index (χ2v) is 6.06. The van der Waals surface area contributed by atoms with Gasteiger partial charge in [0, 0.05) is 6.42 Å². The van der Waals surface area contributed by atoms with Crippen LogP contribution in [0.2, 0.25) is 10.0 Å². The van der Waals surface area contributed by atoms with E-state index in [1.165, 1.54) is 11.1 Å². The summed E-state index contributed by atoms with van der Waals surface area (Å²) >= 11 is 12.1. The summed E-state index contributed by atoms with van der Waals surface area (Å²) in [5.41, 5.74) is 4.46. The van der Waals surface area contributed by atoms with Crippen LogP contribution < -0.4 is 0 Å². The molecule has 0 heterocycles. The molecule has 1 nitrogen and oxygen atoms in total. The predicted octanol–water partition coefficient (Wildman–Crippen LogP) is 4.76. The molecule has 2 aromatic rings. The van der Waals surface area contributed by atoms with E-state index in [0.29, 0.717) is 22.9 Å². The van der Waals surface area contributed by atoms with Crippen LogP contribution in [-0.4, -0.2) is 11.2 Å². The minimum Gasteiger partial charge on any atom is -0.392 e. The monoisotopic (exact) mass is 308 g/mol. The smallest absolute Gasteiger partial charge is 0.0625 e. The van der Waals surface area contributed by atoms with Crippen molar-refractivity contribution in [2.45, 2.75) is 32.8 Å². The molecule has 0 bridgehead atoms. The average molecular weight is 309 g/mol. The van der Waals surface area contributed by atoms with Crippen molar-refractivity contribution < 1.29 is 5.11 Å². The van der Waals surface area contributed by atoms with Gasteiger partial charge in [-0.2, -0.15) is 0 Å². The number of hydrogen-bond acceptors (Lipinski definition) is 1. The zero-order valence-electron chi connectivity index (χ0n) is 11.7. The van der Waals surface area contributed by atoms with Gasteiger partial charge in [0.05, 0.1) is 16.1 Å². The molecule has 1 atom stereocenters. The lowest BCUT2D eigenvalue weighted by Gasteiger charge is -2.13. The molecule has 0 aromatic heterocycles. The molecule has 2 rings (SSSR count). The largest absolute Gasteiger partial charge is 0.392 e. The summed E-state index contributed by atoms with van der Waals surface area (Å²) in [7, 11) is 0. The van der Waals surface area contributed by atoms with Gasteiger partial charge < -0.3 is 5.11 Å². The van der Waals surface area contributed by atoms with E-state index in [0.717, 1.165) is 11.1 Å². The first-order chi connectivity index (χ1) is 9.45. The number of halogens is 2. The molecule has 106 valence electrons. The average Bonchev–Trinajstić information content (AvgIpc) is 2.33. The zero-order valence-corrected chi connectivity index (χ0v) is 13.2. The van der Waals surface area contributed by atoms with Crippen LogP contribution in [0.1, 0.15) is 22.3 Å². The number of benzene rings is 2. The van der Waals surface area contributed by atoms with Crippen LogP contribution in [0.3, 0.4) is 0 Å². The van der Waals surface area contributed by atoms with Crippen LogP contribution in [-0.2, 0) is 12.8 Å². The highest BCUT2D eigenvalue weighted by atomic mass is 35.5. The highest BCUT2D eigenvalue weighted by Crippen LogP contribution is 2.27. The first-order valence-electron chi connectivity index (χ1n) is 6.64. The number of rotatable bonds is 4. The molecule has 1 unspecified atom stereocenters. The third kappa shape index (κ3) is 3.99. The Kier molecular flexibility index (Phi) is 5.09. The van der Waals surface area contributed by atoms with Crippen LogP contribution in [0.5, 0.6) is 0 Å². The van der Waals surface area contributed by atoms with Crippen molar-refractivity contribution in [1.82, 2.24) is 0 Å². The van der Waals surface area contributed by atoms with Crippen LogP contribution in [0.15, 0.2) is 36.4 Å². The molecule has 0 aliphatic rings. The number of aliphatic hydroxyl groups excluding tert-OH is 1. The number of aryl methyl sites for hydroxylation is 2. The zero-order chi connectivity index (χ0) is 14.7. The highest BCUT2D eigenvalue weighted by molar-refractivity contribution is 6.42. The first kappa shape index (κ1) is 15.4. The molecule has 0 fully saturated rings. The Morgan fingerprint density at radius 2 is 1.65 bits per heavy atom. The Balaban J connectivity index is 2.09. The summed E-state index contributed by atoms with van der Waals surface area (Å²) in [6.07, 6.45) is 0.657. The maximum atomic E-state index is 10.3. The van der Waals surface area contributed by atoms with E-state index < -0.39 is 6.10 Å². The van der Waals surface area contributed by atoms with Crippen molar-refractivity contribution in [3.05, 3.63) is 68.7 Å². The van der Waals surface area contributed by atoms with Gasteiger partial charge in [0.15, 0.2) is 0 Å². The Morgan fingerprint density at radius 3 is 2.30 bits per heavy atom. The summed E-state index contributed by atoms with van der Waals surface area (Å²) in [6, 6.07) is 11.9. The fraction of sp³-hybridized carbons (Fsp3) is 0.294. The van der Waals surface area contributed by atoms with Gasteiger partial charge in [-0.3, -0.25) is 0 Å². The molecule has 0 saturated heterocycles. The summed E-state index contributed by atoms with van der Waals surface area (Å²) in [4.78, 5) is 0. The minimum atomic E-state index is -0.466. The molecule has 0 spiro atoms. The van der Waals surface area contributed by atoms with Gasteiger partial charge in [-0.05, 0) is 37.5 Å². The lowest BCUT2D eigenvalue weighted by Crippen LogP contribution is -2.14. The number of aliphatic hydroxyl groups is 1. The van der Waals surface area contributed by atoms with E-state index in [1.54, 1.807) is 6.07 Å². The van der Waals surface area contributed by atoms with Crippen LogP contribution in [0.25, 0.3) is 0 Å². The van der Waals surface area contributed by atoms with Gasteiger partial charge in [-0.25, -0.2) is 0 Å². The second-order valence-electron chi connectivity index (χ2n) is 5.27. The quantitative estimate of drug-likeness (QED) is 0.863. The molecule has 1 N–H and O–H groups in total. The van der Waals surface area contributed by atoms with Crippen molar-refractivity contribution in [3.63, 3.8) is 0 Å². The molecule has 0 aliphatic heterocycles. The normalized spacial score (nSPS) is 12.4. The van der Waals surface area contributed by atoms with Gasteiger partial charge in [-0.1, -0.05) is 64.7 Å². The van der Waals surface area contributed by atoms with E-state index in [2.05, 4.69) is 32.0 Å². The standard InChI is InChI=1S/C17H18Cl2O/c1-11-6-12(2)8-13(7-11)9-15(20)10-14-4-3-5-16(18)17(14)19/h3-8,15,20H,9-10H2,1-2H3. The van der Waals surface area contributed by atoms with Crippen molar-refractivity contribution in [2.24, 2.45) is 0 Å². The van der Waals surface area contributed by atoms with Crippen LogP contribution in [0.4, 0.5) is 0 Å². The SMILES string of the molecule is Cc1cc(C)cc(CC(O)Cc2cccc(Cl)c2Cl)c1. The molecule has 0 saturated carbocycles. The van der Waals surface area contributed by atoms with Crippen molar-refractivity contribution in [2.75, 3.05) is 0 Å². The van der Waals surface area contributed by atoms with Gasteiger partial charge in [-0.15, -0.1) is 0 Å². The molecule has 0 aliphatic carbocycles. The maximum Gasteiger partial charge on any atom is 0.0625 e. The lowest BCUT2D eigenvalue weighted by atomic mass is 9.98. The fourth-order valence-corrected chi connectivity index (χ4v) is 2.89. The highest BCUT2D eigenvalue weighted by Gasteiger charge is 2.11. The second kappa shape index (κ2) is 6.62. The topological polar surface area (TPSA) is 20.2 Å². The van der Waals surface area contributed by atoms with Gasteiger partial charge in [0.2, 0.25) is 0 Å². The molecule has 20 heavy (non-hydrogen) atoms. The molecule has 0 radical (unpaired) electrons. The number of hydrogen-bond donors (Lipinski definition) is 1. The summed E-state index contributed by atoms with van der Waals surface area (Å²) in [5.74, 6) is 0. The Hall–Kier alpha value is -1.02. The van der Waals surface area contributed by atoms with Crippen LogP contribution in [0, 0.1) is 13.8 Å². The molecule has 3 heteroatoms. The van der Waals surface area contributed by atoms with E-state index in [-0.39, 0.29) is 0 Å². The molecule has 2 aromatic carbocycles. The Bertz CT molecular complexity index is 588. The Morgan fingerprint density at radius 1 is 1.00 bits per heavy atom. The third-order valence-electron chi connectivity index (χ3n) is 3.24. The van der Waals surface area contributed by atoms with Crippen molar-refractivity contribution in [3.8, 4) is 0 Å². The molecular formula is C17H18Cl2O. The van der Waals surface area contributed by atoms with Crippen LogP contribution >= 0.6 is 23.2 Å². The summed E-state index contributed by atoms with van der Waals surface area (Å²) < 4.78 is 0.